The van der Waals surface area contributed by atoms with Crippen LogP contribution >= 0.6 is 0 Å². The molecule has 2 aromatic carbocycles. The number of benzene rings is 2. The van der Waals surface area contributed by atoms with Crippen LogP contribution in [-0.4, -0.2) is 27.0 Å². The lowest BCUT2D eigenvalue weighted by Gasteiger charge is -2.18. The third kappa shape index (κ3) is 2.62. The number of sulfone groups is 1. The Labute approximate surface area is 143 Å². The summed E-state index contributed by atoms with van der Waals surface area (Å²) in [5, 5.41) is 7.11. The second-order valence-corrected chi connectivity index (χ2v) is 8.75. The molecule has 2 heterocycles. The van der Waals surface area contributed by atoms with Crippen molar-refractivity contribution in [3.63, 3.8) is 0 Å². The predicted molar refractivity (Wildman–Crippen MR) is 95.2 cm³/mol. The molecule has 0 amide bonds. The first-order valence-corrected chi connectivity index (χ1v) is 9.98. The molecule has 4 rings (SSSR count). The first kappa shape index (κ1) is 15.7. The summed E-state index contributed by atoms with van der Waals surface area (Å²) < 4.78 is 25.8. The van der Waals surface area contributed by atoms with Gasteiger partial charge in [0.2, 0.25) is 9.84 Å². The molecule has 0 aromatic heterocycles. The van der Waals surface area contributed by atoms with Gasteiger partial charge in [-0.05, 0) is 62.2 Å². The van der Waals surface area contributed by atoms with Gasteiger partial charge >= 0.3 is 0 Å². The first-order valence-electron chi connectivity index (χ1n) is 8.50. The molecule has 24 heavy (non-hydrogen) atoms. The van der Waals surface area contributed by atoms with Crippen LogP contribution in [0.2, 0.25) is 0 Å². The predicted octanol–water partition coefficient (Wildman–Crippen LogP) is 3.17. The van der Waals surface area contributed by atoms with Crippen LogP contribution in [0.1, 0.15) is 31.2 Å². The highest BCUT2D eigenvalue weighted by molar-refractivity contribution is 7.91. The molecule has 2 aliphatic heterocycles. The number of fused-ring (bicyclic) bond motifs is 3. The molecule has 0 radical (unpaired) electrons. The number of rotatable bonds is 2. The van der Waals surface area contributed by atoms with E-state index in [1.165, 1.54) is 0 Å². The van der Waals surface area contributed by atoms with Crippen LogP contribution in [0.15, 0.2) is 58.3 Å². The summed E-state index contributed by atoms with van der Waals surface area (Å²) in [5.41, 5.74) is 2.24. The molecule has 0 saturated carbocycles. The highest BCUT2D eigenvalue weighted by Gasteiger charge is 2.35. The fourth-order valence-electron chi connectivity index (χ4n) is 3.93. The van der Waals surface area contributed by atoms with Gasteiger partial charge in [0.15, 0.2) is 0 Å². The van der Waals surface area contributed by atoms with Gasteiger partial charge in [-0.25, -0.2) is 8.42 Å². The average Bonchev–Trinajstić information content (AvgIpc) is 2.81. The van der Waals surface area contributed by atoms with Crippen molar-refractivity contribution in [1.82, 2.24) is 5.32 Å². The van der Waals surface area contributed by atoms with Crippen molar-refractivity contribution in [3.05, 3.63) is 54.1 Å². The molecule has 1 saturated heterocycles. The molecule has 1 unspecified atom stereocenters. The number of hydrogen-bond acceptors (Lipinski definition) is 4. The maximum absolute atomic E-state index is 12.9. The fourth-order valence-corrected chi connectivity index (χ4v) is 5.25. The zero-order chi connectivity index (χ0) is 16.7. The maximum Gasteiger partial charge on any atom is 0.206 e. The van der Waals surface area contributed by atoms with Crippen molar-refractivity contribution >= 4 is 15.5 Å². The largest absolute Gasteiger partial charge is 0.381 e. The van der Waals surface area contributed by atoms with Gasteiger partial charge in [-0.1, -0.05) is 18.2 Å². The monoisotopic (exact) mass is 342 g/mol. The molecule has 3 atom stereocenters. The molecular formula is C19H22N2O2S. The van der Waals surface area contributed by atoms with Gasteiger partial charge in [-0.3, -0.25) is 0 Å². The minimum absolute atomic E-state index is 0.351. The van der Waals surface area contributed by atoms with Crippen LogP contribution < -0.4 is 10.6 Å². The van der Waals surface area contributed by atoms with Gasteiger partial charge in [0, 0.05) is 23.7 Å². The van der Waals surface area contributed by atoms with E-state index in [-0.39, 0.29) is 0 Å². The van der Waals surface area contributed by atoms with E-state index in [4.69, 9.17) is 0 Å². The Hall–Kier alpha value is -1.85. The summed E-state index contributed by atoms with van der Waals surface area (Å²) in [6.45, 7) is 3.18. The van der Waals surface area contributed by atoms with Crippen LogP contribution in [0.5, 0.6) is 0 Å². The Kier molecular flexibility index (Phi) is 3.85. The SMILES string of the molecule is CC1C[C@@H]2Nc3ccc(S(=O)(=O)c4ccccc4)cc3[C@H]2CCN1. The summed E-state index contributed by atoms with van der Waals surface area (Å²) in [4.78, 5) is 0.740. The van der Waals surface area contributed by atoms with E-state index in [2.05, 4.69) is 17.6 Å². The molecule has 0 spiro atoms. The lowest BCUT2D eigenvalue weighted by atomic mass is 9.90. The Balaban J connectivity index is 1.73. The summed E-state index contributed by atoms with van der Waals surface area (Å²) in [6.07, 6.45) is 2.09. The Morgan fingerprint density at radius 2 is 1.83 bits per heavy atom. The summed E-state index contributed by atoms with van der Waals surface area (Å²) >= 11 is 0. The van der Waals surface area contributed by atoms with E-state index in [1.54, 1.807) is 30.3 Å². The van der Waals surface area contributed by atoms with E-state index in [1.807, 2.05) is 18.2 Å². The van der Waals surface area contributed by atoms with Crippen molar-refractivity contribution in [3.8, 4) is 0 Å². The van der Waals surface area contributed by atoms with Gasteiger partial charge in [-0.15, -0.1) is 0 Å². The van der Waals surface area contributed by atoms with E-state index >= 15 is 0 Å². The van der Waals surface area contributed by atoms with Gasteiger partial charge in [-0.2, -0.15) is 0 Å². The summed E-state index contributed by atoms with van der Waals surface area (Å²) in [6, 6.07) is 15.1. The molecule has 2 aromatic rings. The van der Waals surface area contributed by atoms with Crippen molar-refractivity contribution in [2.24, 2.45) is 0 Å². The second-order valence-electron chi connectivity index (χ2n) is 6.80. The normalized spacial score (nSPS) is 26.1. The van der Waals surface area contributed by atoms with Crippen molar-refractivity contribution in [2.45, 2.75) is 47.6 Å². The Morgan fingerprint density at radius 1 is 1.04 bits per heavy atom. The molecule has 126 valence electrons. The number of nitrogens with one attached hydrogen (secondary N) is 2. The maximum atomic E-state index is 12.9. The topological polar surface area (TPSA) is 58.2 Å². The summed E-state index contributed by atoms with van der Waals surface area (Å²) in [7, 11) is -3.46. The summed E-state index contributed by atoms with van der Waals surface area (Å²) in [5.74, 6) is 0.378. The molecule has 2 N–H and O–H groups in total. The molecule has 1 fully saturated rings. The first-order chi connectivity index (χ1) is 11.6. The van der Waals surface area contributed by atoms with E-state index in [0.717, 1.165) is 30.6 Å². The van der Waals surface area contributed by atoms with Gasteiger partial charge in [0.1, 0.15) is 0 Å². The zero-order valence-corrected chi connectivity index (χ0v) is 14.5. The average molecular weight is 342 g/mol. The van der Waals surface area contributed by atoms with Crippen LogP contribution in [-0.2, 0) is 9.84 Å². The third-order valence-electron chi connectivity index (χ3n) is 5.17. The van der Waals surface area contributed by atoms with Gasteiger partial charge < -0.3 is 10.6 Å². The van der Waals surface area contributed by atoms with Crippen molar-refractivity contribution in [1.29, 1.82) is 0 Å². The van der Waals surface area contributed by atoms with Crippen LogP contribution in [0.3, 0.4) is 0 Å². The Bertz CT molecular complexity index is 849. The minimum atomic E-state index is -3.46. The lowest BCUT2D eigenvalue weighted by Crippen LogP contribution is -2.28. The lowest BCUT2D eigenvalue weighted by molar-refractivity contribution is 0.521. The van der Waals surface area contributed by atoms with Crippen LogP contribution in [0, 0.1) is 0 Å². The number of anilines is 1. The fraction of sp³-hybridized carbons (Fsp3) is 0.368. The molecule has 2 aliphatic rings. The standard InChI is InChI=1S/C19H22N2O2S/c1-13-11-19-16(9-10-20-13)17-12-15(7-8-18(17)21-19)24(22,23)14-5-3-2-4-6-14/h2-8,12-13,16,19-21H,9-11H2,1H3/t13?,16-,19+/m1/s1. The number of hydrogen-bond donors (Lipinski definition) is 2. The van der Waals surface area contributed by atoms with E-state index < -0.39 is 9.84 Å². The smallest absolute Gasteiger partial charge is 0.206 e. The van der Waals surface area contributed by atoms with E-state index in [9.17, 15) is 8.42 Å². The van der Waals surface area contributed by atoms with E-state index in [0.29, 0.717) is 27.8 Å². The molecule has 0 bridgehead atoms. The van der Waals surface area contributed by atoms with Crippen LogP contribution in [0.4, 0.5) is 5.69 Å². The third-order valence-corrected chi connectivity index (χ3v) is 6.94. The Morgan fingerprint density at radius 3 is 2.62 bits per heavy atom. The second kappa shape index (κ2) is 5.90. The molecule has 5 heteroatoms. The quantitative estimate of drug-likeness (QED) is 0.880. The van der Waals surface area contributed by atoms with Crippen LogP contribution in [0.25, 0.3) is 0 Å². The van der Waals surface area contributed by atoms with Crippen molar-refractivity contribution in [2.75, 3.05) is 11.9 Å². The highest BCUT2D eigenvalue weighted by Crippen LogP contribution is 2.42. The molecule has 4 nitrogen and oxygen atoms in total. The highest BCUT2D eigenvalue weighted by atomic mass is 32.2. The van der Waals surface area contributed by atoms with Gasteiger partial charge in [0.25, 0.3) is 0 Å². The van der Waals surface area contributed by atoms with Gasteiger partial charge in [0.05, 0.1) is 9.79 Å². The minimum Gasteiger partial charge on any atom is -0.381 e. The van der Waals surface area contributed by atoms with Crippen molar-refractivity contribution < 1.29 is 8.42 Å². The molecular weight excluding hydrogens is 320 g/mol. The zero-order valence-electron chi connectivity index (χ0n) is 13.7. The molecule has 0 aliphatic carbocycles.